The number of carbonyl (C=O) groups excluding carboxylic acids is 1. The van der Waals surface area contributed by atoms with Gasteiger partial charge in [0.1, 0.15) is 24.8 Å². The second-order valence-electron chi connectivity index (χ2n) is 3.96. The molecule has 0 aliphatic heterocycles. The lowest BCUT2D eigenvalue weighted by atomic mass is 10.2. The molecule has 0 aliphatic rings. The maximum absolute atomic E-state index is 13.4. The zero-order valence-corrected chi connectivity index (χ0v) is 11.5. The number of hydrogen-bond acceptors (Lipinski definition) is 4. The molecule has 0 aliphatic carbocycles. The van der Waals surface area contributed by atoms with Crippen molar-refractivity contribution in [3.05, 3.63) is 59.9 Å². The van der Waals surface area contributed by atoms with Crippen molar-refractivity contribution in [3.8, 4) is 5.75 Å². The SMILES string of the molecule is O=C(OCCOc1ccccc1)c1cc(S)ccc1F. The van der Waals surface area contributed by atoms with E-state index in [-0.39, 0.29) is 18.8 Å². The summed E-state index contributed by atoms with van der Waals surface area (Å²) in [5, 5.41) is 0. The Hall–Kier alpha value is -2.01. The third-order valence-corrected chi connectivity index (χ3v) is 2.78. The highest BCUT2D eigenvalue weighted by molar-refractivity contribution is 7.80. The molecule has 0 saturated heterocycles. The first-order valence-electron chi connectivity index (χ1n) is 6.00. The van der Waals surface area contributed by atoms with E-state index in [1.807, 2.05) is 18.2 Å². The van der Waals surface area contributed by atoms with Gasteiger partial charge in [-0.2, -0.15) is 0 Å². The molecule has 2 aromatic rings. The Bertz CT molecular complexity index is 587. The highest BCUT2D eigenvalue weighted by Gasteiger charge is 2.13. The van der Waals surface area contributed by atoms with Gasteiger partial charge in [0.25, 0.3) is 0 Å². The Morgan fingerprint density at radius 1 is 1.10 bits per heavy atom. The van der Waals surface area contributed by atoms with Gasteiger partial charge in [-0.25, -0.2) is 9.18 Å². The summed E-state index contributed by atoms with van der Waals surface area (Å²) < 4.78 is 23.7. The van der Waals surface area contributed by atoms with Crippen LogP contribution in [0, 0.1) is 5.82 Å². The molecule has 0 atom stereocenters. The van der Waals surface area contributed by atoms with Crippen LogP contribution >= 0.6 is 12.6 Å². The minimum absolute atomic E-state index is 0.0456. The minimum Gasteiger partial charge on any atom is -0.490 e. The molecule has 0 amide bonds. The van der Waals surface area contributed by atoms with Gasteiger partial charge < -0.3 is 9.47 Å². The van der Waals surface area contributed by atoms with Crippen LogP contribution in [0.5, 0.6) is 5.75 Å². The van der Waals surface area contributed by atoms with Gasteiger partial charge in [-0.1, -0.05) is 18.2 Å². The molecule has 104 valence electrons. The average molecular weight is 292 g/mol. The molecule has 20 heavy (non-hydrogen) atoms. The molecule has 5 heteroatoms. The first-order chi connectivity index (χ1) is 9.66. The minimum atomic E-state index is -0.727. The second-order valence-corrected chi connectivity index (χ2v) is 4.48. The maximum Gasteiger partial charge on any atom is 0.341 e. The number of ether oxygens (including phenoxy) is 2. The summed E-state index contributed by atoms with van der Waals surface area (Å²) in [6.45, 7) is 0.252. The van der Waals surface area contributed by atoms with Gasteiger partial charge in [-0.05, 0) is 30.3 Å². The van der Waals surface area contributed by atoms with Crippen molar-refractivity contribution in [3.63, 3.8) is 0 Å². The number of thiol groups is 1. The predicted molar refractivity (Wildman–Crippen MR) is 75.9 cm³/mol. The van der Waals surface area contributed by atoms with Crippen molar-refractivity contribution in [2.24, 2.45) is 0 Å². The van der Waals surface area contributed by atoms with Crippen molar-refractivity contribution in [2.45, 2.75) is 4.90 Å². The number of para-hydroxylation sites is 1. The molecule has 0 radical (unpaired) electrons. The van der Waals surface area contributed by atoms with E-state index in [1.54, 1.807) is 12.1 Å². The Morgan fingerprint density at radius 3 is 2.60 bits per heavy atom. The van der Waals surface area contributed by atoms with E-state index in [4.69, 9.17) is 9.47 Å². The summed E-state index contributed by atoms with van der Waals surface area (Å²) in [6.07, 6.45) is 0. The molecule has 0 spiro atoms. The first kappa shape index (κ1) is 14.4. The quantitative estimate of drug-likeness (QED) is 0.521. The lowest BCUT2D eigenvalue weighted by Gasteiger charge is -2.08. The molecule has 0 bridgehead atoms. The number of halogens is 1. The van der Waals surface area contributed by atoms with Gasteiger partial charge in [-0.15, -0.1) is 12.6 Å². The summed E-state index contributed by atoms with van der Waals surface area (Å²) in [6, 6.07) is 13.1. The Kier molecular flexibility index (Phi) is 5.01. The number of rotatable bonds is 5. The summed E-state index contributed by atoms with van der Waals surface area (Å²) in [5.74, 6) is -0.668. The van der Waals surface area contributed by atoms with E-state index < -0.39 is 11.8 Å². The van der Waals surface area contributed by atoms with Crippen LogP contribution in [0.1, 0.15) is 10.4 Å². The van der Waals surface area contributed by atoms with Crippen LogP contribution < -0.4 is 4.74 Å². The fraction of sp³-hybridized carbons (Fsp3) is 0.133. The molecular formula is C15H13FO3S. The zero-order valence-electron chi connectivity index (χ0n) is 10.6. The van der Waals surface area contributed by atoms with Crippen LogP contribution in [0.15, 0.2) is 53.4 Å². The number of hydrogen-bond donors (Lipinski definition) is 1. The van der Waals surface area contributed by atoms with Crippen LogP contribution in [0.2, 0.25) is 0 Å². The van der Waals surface area contributed by atoms with E-state index >= 15 is 0 Å². The molecule has 0 heterocycles. The Morgan fingerprint density at radius 2 is 1.85 bits per heavy atom. The zero-order chi connectivity index (χ0) is 14.4. The summed E-state index contributed by atoms with van der Waals surface area (Å²) in [5.41, 5.74) is -0.128. The number of carbonyl (C=O) groups is 1. The fourth-order valence-electron chi connectivity index (χ4n) is 1.56. The Balaban J connectivity index is 1.82. The highest BCUT2D eigenvalue weighted by atomic mass is 32.1. The third kappa shape index (κ3) is 3.99. The van der Waals surface area contributed by atoms with Crippen LogP contribution in [0.4, 0.5) is 4.39 Å². The van der Waals surface area contributed by atoms with Crippen LogP contribution in [0.25, 0.3) is 0 Å². The van der Waals surface area contributed by atoms with E-state index in [0.717, 1.165) is 0 Å². The molecule has 0 N–H and O–H groups in total. The van der Waals surface area contributed by atoms with Gasteiger partial charge in [0.15, 0.2) is 0 Å². The smallest absolute Gasteiger partial charge is 0.341 e. The van der Waals surface area contributed by atoms with Gasteiger partial charge in [-0.3, -0.25) is 0 Å². The molecule has 0 unspecified atom stereocenters. The largest absolute Gasteiger partial charge is 0.490 e. The van der Waals surface area contributed by atoms with Crippen molar-refractivity contribution in [1.82, 2.24) is 0 Å². The Labute approximate surface area is 121 Å². The normalized spacial score (nSPS) is 10.1. The van der Waals surface area contributed by atoms with Crippen LogP contribution in [-0.2, 0) is 4.74 Å². The summed E-state index contributed by atoms with van der Waals surface area (Å²) in [4.78, 5) is 12.2. The molecule has 2 rings (SSSR count). The van der Waals surface area contributed by atoms with Crippen LogP contribution in [0.3, 0.4) is 0 Å². The molecule has 0 aromatic heterocycles. The highest BCUT2D eigenvalue weighted by Crippen LogP contribution is 2.14. The van der Waals surface area contributed by atoms with Crippen LogP contribution in [-0.4, -0.2) is 19.2 Å². The van der Waals surface area contributed by atoms with Gasteiger partial charge >= 0.3 is 5.97 Å². The van der Waals surface area contributed by atoms with Crippen molar-refractivity contribution < 1.29 is 18.7 Å². The predicted octanol–water partition coefficient (Wildman–Crippen LogP) is 3.35. The van der Waals surface area contributed by atoms with Crippen molar-refractivity contribution in [2.75, 3.05) is 13.2 Å². The van der Waals surface area contributed by atoms with Gasteiger partial charge in [0, 0.05) is 4.90 Å². The van der Waals surface area contributed by atoms with Gasteiger partial charge in [0.2, 0.25) is 0 Å². The third-order valence-electron chi connectivity index (χ3n) is 2.50. The lowest BCUT2D eigenvalue weighted by molar-refractivity contribution is 0.0445. The topological polar surface area (TPSA) is 35.5 Å². The standard InChI is InChI=1S/C15H13FO3S/c16-14-7-6-12(20)10-13(14)15(17)19-9-8-18-11-4-2-1-3-5-11/h1-7,10,20H,8-9H2. The van der Waals surface area contributed by atoms with Crippen molar-refractivity contribution >= 4 is 18.6 Å². The number of esters is 1. The van der Waals surface area contributed by atoms with E-state index in [9.17, 15) is 9.18 Å². The molecule has 3 nitrogen and oxygen atoms in total. The van der Waals surface area contributed by atoms with E-state index in [1.165, 1.54) is 18.2 Å². The lowest BCUT2D eigenvalue weighted by Crippen LogP contribution is -2.13. The van der Waals surface area contributed by atoms with E-state index in [0.29, 0.717) is 10.6 Å². The second kappa shape index (κ2) is 6.96. The fourth-order valence-corrected chi connectivity index (χ4v) is 1.76. The summed E-state index contributed by atoms with van der Waals surface area (Å²) >= 11 is 4.05. The molecular weight excluding hydrogens is 279 g/mol. The molecule has 0 saturated carbocycles. The van der Waals surface area contributed by atoms with Crippen molar-refractivity contribution in [1.29, 1.82) is 0 Å². The summed E-state index contributed by atoms with van der Waals surface area (Å²) in [7, 11) is 0. The monoisotopic (exact) mass is 292 g/mol. The first-order valence-corrected chi connectivity index (χ1v) is 6.45. The maximum atomic E-state index is 13.4. The molecule has 2 aromatic carbocycles. The molecule has 0 fully saturated rings. The van der Waals surface area contributed by atoms with E-state index in [2.05, 4.69) is 12.6 Å². The average Bonchev–Trinajstić information content (AvgIpc) is 2.47. The van der Waals surface area contributed by atoms with Gasteiger partial charge in [0.05, 0.1) is 5.56 Å². The number of benzene rings is 2.